The van der Waals surface area contributed by atoms with Crippen molar-refractivity contribution in [2.24, 2.45) is 0 Å². The summed E-state index contributed by atoms with van der Waals surface area (Å²) < 4.78 is 2.20. The van der Waals surface area contributed by atoms with Crippen molar-refractivity contribution < 1.29 is 0 Å². The number of para-hydroxylation sites is 1. The van der Waals surface area contributed by atoms with E-state index in [1.54, 1.807) is 24.3 Å². The zero-order chi connectivity index (χ0) is 22.2. The van der Waals surface area contributed by atoms with Crippen LogP contribution in [-0.4, -0.2) is 31.5 Å². The zero-order valence-electron chi connectivity index (χ0n) is 17.6. The number of H-pyrrole nitrogens is 1. The second-order valence-corrected chi connectivity index (χ2v) is 8.61. The molecule has 4 heterocycles. The Bertz CT molecular complexity index is 1440. The van der Waals surface area contributed by atoms with E-state index in [2.05, 4.69) is 48.3 Å². The van der Waals surface area contributed by atoms with Crippen LogP contribution in [0.2, 0.25) is 0 Å². The summed E-state index contributed by atoms with van der Waals surface area (Å²) in [4.78, 5) is 22.5. The lowest BCUT2D eigenvalue weighted by molar-refractivity contribution is 1.08. The normalized spacial score (nSPS) is 12.3. The summed E-state index contributed by atoms with van der Waals surface area (Å²) in [5, 5.41) is 3.32. The Hall–Kier alpha value is -4.17. The molecule has 0 spiro atoms. The molecule has 0 bridgehead atoms. The number of hydrogen-bond donors (Lipinski definition) is 2. The molecular weight excluding hydrogens is 430 g/mol. The van der Waals surface area contributed by atoms with E-state index in [0.29, 0.717) is 5.95 Å². The summed E-state index contributed by atoms with van der Waals surface area (Å²) in [5.74, 6) is 1.37. The molecule has 8 heteroatoms. The molecule has 0 fully saturated rings. The summed E-state index contributed by atoms with van der Waals surface area (Å²) in [6, 6.07) is 18.2. The second-order valence-electron chi connectivity index (χ2n) is 7.55. The molecule has 7 nitrogen and oxygen atoms in total. The predicted molar refractivity (Wildman–Crippen MR) is 133 cm³/mol. The first-order chi connectivity index (χ1) is 16.3. The Morgan fingerprint density at radius 1 is 1.03 bits per heavy atom. The number of rotatable bonds is 5. The van der Waals surface area contributed by atoms with Crippen molar-refractivity contribution in [2.75, 3.05) is 16.2 Å². The molecule has 0 saturated heterocycles. The van der Waals surface area contributed by atoms with E-state index < -0.39 is 0 Å². The largest absolute Gasteiger partial charge is 0.338 e. The number of fused-ring (bicyclic) bond motifs is 4. The third kappa shape index (κ3) is 3.60. The molecule has 0 amide bonds. The van der Waals surface area contributed by atoms with E-state index >= 15 is 0 Å². The minimum absolute atomic E-state index is 0.559. The van der Waals surface area contributed by atoms with E-state index in [4.69, 9.17) is 4.98 Å². The molecule has 2 N–H and O–H groups in total. The van der Waals surface area contributed by atoms with Crippen LogP contribution in [0.25, 0.3) is 33.7 Å². The number of anilines is 3. The lowest BCUT2D eigenvalue weighted by Crippen LogP contribution is -2.19. The third-order valence-corrected chi connectivity index (χ3v) is 6.45. The molecule has 0 radical (unpaired) electrons. The summed E-state index contributed by atoms with van der Waals surface area (Å²) in [6.45, 7) is 4.62. The third-order valence-electron chi connectivity index (χ3n) is 5.39. The standard InChI is InChI=1S/C25H19N7S/c1-2-13-32-21-6-4-3-5-18(21)23-22(33-32)15-27-25(31-23)28-17-9-7-16(8-10-17)24-29-19-11-12-26-14-20(19)30-24/h2-12,14-15H,1,13H2,(H,29,30)(H,27,28,31). The zero-order valence-corrected chi connectivity index (χ0v) is 18.4. The molecule has 0 atom stereocenters. The van der Waals surface area contributed by atoms with Crippen molar-refractivity contribution in [3.05, 3.63) is 85.8 Å². The Morgan fingerprint density at radius 2 is 1.91 bits per heavy atom. The van der Waals surface area contributed by atoms with E-state index in [1.807, 2.05) is 54.7 Å². The van der Waals surface area contributed by atoms with Crippen LogP contribution in [-0.2, 0) is 0 Å². The van der Waals surface area contributed by atoms with E-state index in [-0.39, 0.29) is 0 Å². The highest BCUT2D eigenvalue weighted by Crippen LogP contribution is 2.45. The van der Waals surface area contributed by atoms with E-state index in [0.717, 1.165) is 56.5 Å². The molecule has 5 aromatic rings. The van der Waals surface area contributed by atoms with Crippen molar-refractivity contribution in [1.82, 2.24) is 24.9 Å². The highest BCUT2D eigenvalue weighted by atomic mass is 32.2. The maximum atomic E-state index is 4.83. The number of aromatic nitrogens is 5. The molecule has 0 aliphatic carbocycles. The smallest absolute Gasteiger partial charge is 0.227 e. The fourth-order valence-electron chi connectivity index (χ4n) is 3.84. The number of imidazole rings is 1. The Morgan fingerprint density at radius 3 is 2.76 bits per heavy atom. The minimum atomic E-state index is 0.559. The van der Waals surface area contributed by atoms with Crippen molar-refractivity contribution >= 4 is 40.3 Å². The maximum Gasteiger partial charge on any atom is 0.227 e. The van der Waals surface area contributed by atoms with Gasteiger partial charge in [0.05, 0.1) is 28.0 Å². The number of nitrogens with one attached hydrogen (secondary N) is 2. The molecular formula is C25H19N7S. The second kappa shape index (κ2) is 8.07. The van der Waals surface area contributed by atoms with Gasteiger partial charge in [-0.2, -0.15) is 0 Å². The highest BCUT2D eigenvalue weighted by Gasteiger charge is 2.24. The number of aromatic amines is 1. The number of hydrogen-bond acceptors (Lipinski definition) is 7. The Balaban J connectivity index is 1.27. The molecule has 1 aliphatic rings. The molecule has 160 valence electrons. The summed E-state index contributed by atoms with van der Waals surface area (Å²) in [6.07, 6.45) is 7.28. The minimum Gasteiger partial charge on any atom is -0.338 e. The number of nitrogens with zero attached hydrogens (tertiary/aromatic N) is 5. The van der Waals surface area contributed by atoms with Gasteiger partial charge in [-0.3, -0.25) is 4.98 Å². The molecule has 3 aromatic heterocycles. The quantitative estimate of drug-likeness (QED) is 0.258. The summed E-state index contributed by atoms with van der Waals surface area (Å²) in [5.41, 5.74) is 6.87. The van der Waals surface area contributed by atoms with Crippen LogP contribution in [0.1, 0.15) is 0 Å². The van der Waals surface area contributed by atoms with Crippen LogP contribution in [0.4, 0.5) is 17.3 Å². The van der Waals surface area contributed by atoms with Crippen LogP contribution >= 0.6 is 11.9 Å². The first kappa shape index (κ1) is 19.5. The van der Waals surface area contributed by atoms with Gasteiger partial charge in [0, 0.05) is 35.8 Å². The molecule has 1 aliphatic heterocycles. The van der Waals surface area contributed by atoms with Crippen molar-refractivity contribution in [2.45, 2.75) is 4.90 Å². The van der Waals surface area contributed by atoms with E-state index in [1.165, 1.54) is 0 Å². The predicted octanol–water partition coefficient (Wildman–Crippen LogP) is 5.84. The van der Waals surface area contributed by atoms with Gasteiger partial charge in [0.2, 0.25) is 5.95 Å². The van der Waals surface area contributed by atoms with Crippen molar-refractivity contribution in [3.8, 4) is 22.6 Å². The first-order valence-electron chi connectivity index (χ1n) is 10.5. The fourth-order valence-corrected chi connectivity index (χ4v) is 4.85. The van der Waals surface area contributed by atoms with Crippen LogP contribution < -0.4 is 9.62 Å². The van der Waals surface area contributed by atoms with Gasteiger partial charge < -0.3 is 14.6 Å². The average Bonchev–Trinajstić information content (AvgIpc) is 3.29. The van der Waals surface area contributed by atoms with Gasteiger partial charge >= 0.3 is 0 Å². The van der Waals surface area contributed by atoms with E-state index in [9.17, 15) is 0 Å². The molecule has 6 rings (SSSR count). The SMILES string of the molecule is C=CCN1Sc2cnc(Nc3ccc(-c4nc5cnccc5[nH]4)cc3)nc2-c2ccccc21. The van der Waals surface area contributed by atoms with Gasteiger partial charge in [-0.05, 0) is 48.3 Å². The number of benzene rings is 2. The monoisotopic (exact) mass is 449 g/mol. The molecule has 33 heavy (non-hydrogen) atoms. The Kier molecular flexibility index (Phi) is 4.77. The van der Waals surface area contributed by atoms with Crippen molar-refractivity contribution in [3.63, 3.8) is 0 Å². The Labute approximate surface area is 194 Å². The molecule has 2 aromatic carbocycles. The lowest BCUT2D eigenvalue weighted by Gasteiger charge is -2.29. The summed E-state index contributed by atoms with van der Waals surface area (Å²) in [7, 11) is 0. The number of pyridine rings is 1. The van der Waals surface area contributed by atoms with Gasteiger partial charge in [-0.15, -0.1) is 6.58 Å². The van der Waals surface area contributed by atoms with Gasteiger partial charge in [-0.25, -0.2) is 15.0 Å². The molecule has 0 saturated carbocycles. The van der Waals surface area contributed by atoms with Crippen LogP contribution in [0.15, 0.2) is 90.7 Å². The highest BCUT2D eigenvalue weighted by molar-refractivity contribution is 8.00. The van der Waals surface area contributed by atoms with Crippen LogP contribution in [0.3, 0.4) is 0 Å². The topological polar surface area (TPSA) is 82.6 Å². The average molecular weight is 450 g/mol. The van der Waals surface area contributed by atoms with Crippen LogP contribution in [0.5, 0.6) is 0 Å². The first-order valence-corrected chi connectivity index (χ1v) is 11.3. The van der Waals surface area contributed by atoms with Gasteiger partial charge in [0.15, 0.2) is 0 Å². The molecule has 0 unspecified atom stereocenters. The maximum absolute atomic E-state index is 4.83. The van der Waals surface area contributed by atoms with Gasteiger partial charge in [-0.1, -0.05) is 24.3 Å². The van der Waals surface area contributed by atoms with Crippen LogP contribution in [0, 0.1) is 0 Å². The van der Waals surface area contributed by atoms with Gasteiger partial charge in [0.25, 0.3) is 0 Å². The fraction of sp³-hybridized carbons (Fsp3) is 0.0400. The summed E-state index contributed by atoms with van der Waals surface area (Å²) >= 11 is 1.63. The lowest BCUT2D eigenvalue weighted by atomic mass is 10.1. The van der Waals surface area contributed by atoms with Crippen molar-refractivity contribution in [1.29, 1.82) is 0 Å². The van der Waals surface area contributed by atoms with Gasteiger partial charge in [0.1, 0.15) is 11.3 Å².